The zero-order valence-electron chi connectivity index (χ0n) is 18.1. The maximum Gasteiger partial charge on any atom is 0.345 e. The van der Waals surface area contributed by atoms with Gasteiger partial charge in [-0.15, -0.1) is 0 Å². The molecule has 1 aliphatic carbocycles. The van der Waals surface area contributed by atoms with Crippen molar-refractivity contribution < 1.29 is 23.7 Å². The van der Waals surface area contributed by atoms with Crippen molar-refractivity contribution in [2.24, 2.45) is 0 Å². The van der Waals surface area contributed by atoms with Crippen molar-refractivity contribution in [2.45, 2.75) is 62.2 Å². The number of esters is 1. The zero-order valence-corrected chi connectivity index (χ0v) is 18.1. The van der Waals surface area contributed by atoms with Gasteiger partial charge in [-0.25, -0.2) is 4.79 Å². The maximum atomic E-state index is 13.4. The number of rotatable bonds is 5. The highest BCUT2D eigenvalue weighted by atomic mass is 16.8. The van der Waals surface area contributed by atoms with E-state index in [1.807, 2.05) is 59.5 Å². The average molecular weight is 424 g/mol. The normalized spacial score (nSPS) is 30.1. The third-order valence-corrected chi connectivity index (χ3v) is 6.83. The molecule has 0 radical (unpaired) electrons. The number of anilines is 2. The summed E-state index contributed by atoms with van der Waals surface area (Å²) in [6.07, 6.45) is 5.49. The Morgan fingerprint density at radius 1 is 1.00 bits per heavy atom. The van der Waals surface area contributed by atoms with E-state index in [-0.39, 0.29) is 6.10 Å². The lowest BCUT2D eigenvalue weighted by Crippen LogP contribution is -2.56. The molecule has 5 rings (SSSR count). The molecule has 2 aromatic rings. The molecule has 3 atom stereocenters. The second kappa shape index (κ2) is 7.93. The van der Waals surface area contributed by atoms with Gasteiger partial charge in [0.2, 0.25) is 5.60 Å². The number of carbonyl (C=O) groups excluding carboxylic acids is 1. The van der Waals surface area contributed by atoms with E-state index in [0.29, 0.717) is 6.42 Å². The lowest BCUT2D eigenvalue weighted by Gasteiger charge is -2.47. The summed E-state index contributed by atoms with van der Waals surface area (Å²) in [5.41, 5.74) is 1.16. The summed E-state index contributed by atoms with van der Waals surface area (Å²) >= 11 is 0. The monoisotopic (exact) mass is 423 g/mol. The minimum Gasteiger partial charge on any atom is -0.467 e. The molecule has 2 aromatic carbocycles. The number of carbonyl (C=O) groups is 1. The predicted molar refractivity (Wildman–Crippen MR) is 116 cm³/mol. The van der Waals surface area contributed by atoms with Crippen LogP contribution in [-0.4, -0.2) is 38.3 Å². The Morgan fingerprint density at radius 3 is 2.42 bits per heavy atom. The smallest absolute Gasteiger partial charge is 0.345 e. The Morgan fingerprint density at radius 2 is 1.71 bits per heavy atom. The van der Waals surface area contributed by atoms with Gasteiger partial charge in [-0.05, 0) is 31.0 Å². The summed E-state index contributed by atoms with van der Waals surface area (Å²) in [5, 5.41) is 0. The molecule has 0 amide bonds. The Balaban J connectivity index is 1.68. The first-order valence-electron chi connectivity index (χ1n) is 11.1. The molecule has 0 unspecified atom stereocenters. The summed E-state index contributed by atoms with van der Waals surface area (Å²) < 4.78 is 24.6. The molecular weight excluding hydrogens is 394 g/mol. The summed E-state index contributed by atoms with van der Waals surface area (Å²) in [4.78, 5) is 15.4. The van der Waals surface area contributed by atoms with E-state index in [4.69, 9.17) is 18.9 Å². The predicted octanol–water partition coefficient (Wildman–Crippen LogP) is 4.65. The molecule has 0 aromatic heterocycles. The van der Waals surface area contributed by atoms with Crippen LogP contribution in [0.1, 0.15) is 44.1 Å². The Labute approximate surface area is 183 Å². The molecule has 31 heavy (non-hydrogen) atoms. The zero-order chi connectivity index (χ0) is 21.5. The number of ether oxygens (including phenoxy) is 4. The number of hydrogen-bond acceptors (Lipinski definition) is 6. The van der Waals surface area contributed by atoms with Crippen LogP contribution >= 0.6 is 0 Å². The summed E-state index contributed by atoms with van der Waals surface area (Å²) in [6, 6.07) is 17.8. The summed E-state index contributed by atoms with van der Waals surface area (Å²) in [5.74, 6) is -1.63. The largest absolute Gasteiger partial charge is 0.467 e. The van der Waals surface area contributed by atoms with Gasteiger partial charge in [-0.1, -0.05) is 55.7 Å². The van der Waals surface area contributed by atoms with Crippen LogP contribution < -0.4 is 4.90 Å². The van der Waals surface area contributed by atoms with E-state index in [1.54, 1.807) is 7.11 Å². The number of methoxy groups -OCH3 is 2. The van der Waals surface area contributed by atoms with Gasteiger partial charge in [0.1, 0.15) is 6.10 Å². The molecule has 1 saturated heterocycles. The molecule has 0 N–H and O–H groups in total. The lowest BCUT2D eigenvalue weighted by atomic mass is 9.86. The van der Waals surface area contributed by atoms with Crippen molar-refractivity contribution in [3.05, 3.63) is 60.2 Å². The highest BCUT2D eigenvalue weighted by Crippen LogP contribution is 2.59. The summed E-state index contributed by atoms with van der Waals surface area (Å²) in [7, 11) is 3.02. The van der Waals surface area contributed by atoms with Crippen molar-refractivity contribution >= 4 is 17.3 Å². The van der Waals surface area contributed by atoms with E-state index >= 15 is 0 Å². The van der Waals surface area contributed by atoms with E-state index < -0.39 is 23.6 Å². The lowest BCUT2D eigenvalue weighted by molar-refractivity contribution is -0.254. The highest BCUT2D eigenvalue weighted by molar-refractivity contribution is 5.88. The van der Waals surface area contributed by atoms with Crippen molar-refractivity contribution in [2.75, 3.05) is 19.1 Å². The van der Waals surface area contributed by atoms with Crippen molar-refractivity contribution in [3.8, 4) is 0 Å². The third kappa shape index (κ3) is 3.08. The number of para-hydroxylation sites is 2. The second-order valence-corrected chi connectivity index (χ2v) is 8.52. The molecule has 3 aliphatic rings. The van der Waals surface area contributed by atoms with Crippen LogP contribution in [0.2, 0.25) is 0 Å². The minimum atomic E-state index is -1.37. The molecule has 6 heteroatoms. The van der Waals surface area contributed by atoms with E-state index in [9.17, 15) is 4.79 Å². The quantitative estimate of drug-likeness (QED) is 0.653. The van der Waals surface area contributed by atoms with Crippen LogP contribution in [0, 0.1) is 0 Å². The molecule has 164 valence electrons. The second-order valence-electron chi connectivity index (χ2n) is 8.52. The number of fused-ring (bicyclic) bond motifs is 4. The topological polar surface area (TPSA) is 57.2 Å². The minimum absolute atomic E-state index is 0.106. The van der Waals surface area contributed by atoms with Gasteiger partial charge in [0, 0.05) is 18.4 Å². The van der Waals surface area contributed by atoms with Crippen LogP contribution in [0.4, 0.5) is 11.4 Å². The van der Waals surface area contributed by atoms with Gasteiger partial charge in [-0.3, -0.25) is 4.90 Å². The van der Waals surface area contributed by atoms with Crippen molar-refractivity contribution in [3.63, 3.8) is 0 Å². The number of hydrogen-bond donors (Lipinski definition) is 0. The Bertz CT molecular complexity index is 944. The average Bonchev–Trinajstić information content (AvgIpc) is 3.12. The van der Waals surface area contributed by atoms with Crippen LogP contribution in [0.15, 0.2) is 54.6 Å². The van der Waals surface area contributed by atoms with Gasteiger partial charge < -0.3 is 18.9 Å². The molecule has 2 bridgehead atoms. The van der Waals surface area contributed by atoms with Gasteiger partial charge >= 0.3 is 5.97 Å². The summed E-state index contributed by atoms with van der Waals surface area (Å²) in [6.45, 7) is 0. The first-order chi connectivity index (χ1) is 15.1. The van der Waals surface area contributed by atoms with Crippen LogP contribution in [0.3, 0.4) is 0 Å². The van der Waals surface area contributed by atoms with Gasteiger partial charge in [0.15, 0.2) is 0 Å². The Hall–Kier alpha value is -2.41. The standard InChI is InChI=1S/C25H29NO5/c1-28-23(27)25-20-15-9-10-16-21(20)26(18-11-5-3-6-12-18)24(29-2,31-25)17-22(25)30-19-13-7-4-8-14-19/h3,5-6,9-12,15-16,19,22H,4,7-8,13-14,17H2,1-2H3/t22-,24-,25-/m1/s1. The third-order valence-electron chi connectivity index (χ3n) is 6.83. The van der Waals surface area contributed by atoms with E-state index in [1.165, 1.54) is 13.5 Å². The highest BCUT2D eigenvalue weighted by Gasteiger charge is 2.70. The first kappa shape index (κ1) is 20.5. The Kier molecular flexibility index (Phi) is 5.24. The molecule has 2 heterocycles. The molecule has 6 nitrogen and oxygen atoms in total. The molecule has 2 aliphatic heterocycles. The van der Waals surface area contributed by atoms with Crippen LogP contribution in [0.25, 0.3) is 0 Å². The van der Waals surface area contributed by atoms with Gasteiger partial charge in [0.05, 0.1) is 25.3 Å². The number of benzene rings is 2. The molecule has 0 spiro atoms. The van der Waals surface area contributed by atoms with Crippen molar-refractivity contribution in [1.82, 2.24) is 0 Å². The van der Waals surface area contributed by atoms with Crippen molar-refractivity contribution in [1.29, 1.82) is 0 Å². The fourth-order valence-corrected chi connectivity index (χ4v) is 5.41. The number of nitrogens with zero attached hydrogens (tertiary/aromatic N) is 1. The van der Waals surface area contributed by atoms with Crippen LogP contribution in [0.5, 0.6) is 0 Å². The molecule has 2 fully saturated rings. The fraction of sp³-hybridized carbons (Fsp3) is 0.480. The molecular formula is C25H29NO5. The van der Waals surface area contributed by atoms with Crippen LogP contribution in [-0.2, 0) is 29.3 Å². The van der Waals surface area contributed by atoms with Gasteiger partial charge in [-0.2, -0.15) is 0 Å². The maximum absolute atomic E-state index is 13.4. The van der Waals surface area contributed by atoms with Gasteiger partial charge in [0.25, 0.3) is 5.91 Å². The van der Waals surface area contributed by atoms with E-state index in [2.05, 4.69) is 0 Å². The fourth-order valence-electron chi connectivity index (χ4n) is 5.41. The SMILES string of the molecule is COC(=O)[C@]12O[C@](OC)(C[C@H]1OC1CCCCC1)N(c1ccccc1)c1ccccc12. The molecule has 1 saturated carbocycles. The first-order valence-corrected chi connectivity index (χ1v) is 11.1. The van der Waals surface area contributed by atoms with E-state index in [0.717, 1.165) is 42.6 Å².